The van der Waals surface area contributed by atoms with Gasteiger partial charge in [-0.25, -0.2) is 0 Å². The topological polar surface area (TPSA) is 44.9 Å². The molecule has 0 radical (unpaired) electrons. The minimum Gasteiger partial charge on any atom is -0.358 e. The summed E-state index contributed by atoms with van der Waals surface area (Å²) in [5.74, 6) is 0.138. The van der Waals surface area contributed by atoms with E-state index in [4.69, 9.17) is 0 Å². The highest BCUT2D eigenvalue weighted by atomic mass is 16.1. The molecule has 1 aromatic heterocycles. The molecule has 0 bridgehead atoms. The van der Waals surface area contributed by atoms with E-state index in [1.54, 1.807) is 7.05 Å². The molecular formula is C14H18N2O. The van der Waals surface area contributed by atoms with E-state index >= 15 is 0 Å². The number of hydrogen-bond acceptors (Lipinski definition) is 2. The number of likely N-dealkylation sites (N-methyl/N-ethyl adjacent to an activating group) is 1. The van der Waals surface area contributed by atoms with Crippen molar-refractivity contribution in [3.63, 3.8) is 0 Å². The number of Topliss-reactive ketones (excluding diaryl/α,β-unsaturated/α-hetero) is 1. The fraction of sp³-hybridized carbons (Fsp3) is 0.357. The number of benzene rings is 1. The van der Waals surface area contributed by atoms with Crippen molar-refractivity contribution in [2.24, 2.45) is 0 Å². The van der Waals surface area contributed by atoms with E-state index in [0.717, 1.165) is 22.2 Å². The minimum absolute atomic E-state index is 0.138. The zero-order valence-electron chi connectivity index (χ0n) is 10.8. The molecule has 90 valence electrons. The first kappa shape index (κ1) is 11.9. The van der Waals surface area contributed by atoms with Crippen molar-refractivity contribution in [1.29, 1.82) is 0 Å². The third-order valence-electron chi connectivity index (χ3n) is 3.31. The van der Waals surface area contributed by atoms with E-state index in [2.05, 4.69) is 30.2 Å². The van der Waals surface area contributed by atoms with Gasteiger partial charge in [0, 0.05) is 22.2 Å². The largest absolute Gasteiger partial charge is 0.358 e. The summed E-state index contributed by atoms with van der Waals surface area (Å²) in [7, 11) is 1.79. The molecule has 1 heterocycles. The maximum atomic E-state index is 12.1. The van der Waals surface area contributed by atoms with Crippen molar-refractivity contribution in [2.75, 3.05) is 13.6 Å². The van der Waals surface area contributed by atoms with Gasteiger partial charge in [-0.15, -0.1) is 0 Å². The van der Waals surface area contributed by atoms with E-state index in [0.29, 0.717) is 6.54 Å². The Morgan fingerprint density at radius 3 is 2.65 bits per heavy atom. The lowest BCUT2D eigenvalue weighted by molar-refractivity contribution is 0.0994. The number of hydrogen-bond donors (Lipinski definition) is 2. The summed E-state index contributed by atoms with van der Waals surface area (Å²) in [5.41, 5.74) is 5.31. The van der Waals surface area contributed by atoms with Crippen LogP contribution >= 0.6 is 0 Å². The summed E-state index contributed by atoms with van der Waals surface area (Å²) >= 11 is 0. The Bertz CT molecular complexity index is 581. The van der Waals surface area contributed by atoms with Crippen LogP contribution in [0.5, 0.6) is 0 Å². The third-order valence-corrected chi connectivity index (χ3v) is 3.31. The second-order valence-corrected chi connectivity index (χ2v) is 4.51. The maximum absolute atomic E-state index is 12.1. The quantitative estimate of drug-likeness (QED) is 0.796. The number of carbonyl (C=O) groups excluding carboxylic acids is 1. The third kappa shape index (κ3) is 1.87. The molecule has 0 fully saturated rings. The molecule has 0 aliphatic rings. The van der Waals surface area contributed by atoms with Gasteiger partial charge in [-0.05, 0) is 38.9 Å². The number of carbonyl (C=O) groups is 1. The average molecular weight is 230 g/mol. The summed E-state index contributed by atoms with van der Waals surface area (Å²) in [6.07, 6.45) is 0. The van der Waals surface area contributed by atoms with Crippen LogP contribution in [-0.4, -0.2) is 24.4 Å². The Balaban J connectivity index is 2.69. The van der Waals surface area contributed by atoms with Crippen LogP contribution in [0.1, 0.15) is 27.2 Å². The molecule has 1 aromatic carbocycles. The molecule has 2 aromatic rings. The molecule has 3 nitrogen and oxygen atoms in total. The van der Waals surface area contributed by atoms with Crippen LogP contribution < -0.4 is 5.32 Å². The van der Waals surface area contributed by atoms with Gasteiger partial charge in [0.25, 0.3) is 0 Å². The molecule has 0 aliphatic heterocycles. The summed E-state index contributed by atoms with van der Waals surface area (Å²) in [4.78, 5) is 15.4. The molecule has 0 amide bonds. The maximum Gasteiger partial charge on any atom is 0.179 e. The summed E-state index contributed by atoms with van der Waals surface area (Å²) in [6, 6.07) is 4.10. The van der Waals surface area contributed by atoms with Gasteiger partial charge in [0.15, 0.2) is 5.78 Å². The lowest BCUT2D eigenvalue weighted by atomic mass is 10.0. The highest BCUT2D eigenvalue weighted by molar-refractivity contribution is 6.10. The van der Waals surface area contributed by atoms with Crippen molar-refractivity contribution in [3.8, 4) is 0 Å². The standard InChI is InChI=1S/C14H18N2O/c1-8-5-6-11-13(12(17)7-15-4)10(3)16-14(11)9(8)2/h5-6,15-16H,7H2,1-4H3. The van der Waals surface area contributed by atoms with Crippen molar-refractivity contribution >= 4 is 16.7 Å². The molecule has 17 heavy (non-hydrogen) atoms. The molecule has 2 N–H and O–H groups in total. The van der Waals surface area contributed by atoms with Gasteiger partial charge in [0.05, 0.1) is 6.54 Å². The van der Waals surface area contributed by atoms with Gasteiger partial charge in [-0.3, -0.25) is 4.79 Å². The zero-order valence-corrected chi connectivity index (χ0v) is 10.8. The smallest absolute Gasteiger partial charge is 0.179 e. The van der Waals surface area contributed by atoms with Crippen LogP contribution in [0.3, 0.4) is 0 Å². The monoisotopic (exact) mass is 230 g/mol. The number of fused-ring (bicyclic) bond motifs is 1. The number of nitrogens with one attached hydrogen (secondary N) is 2. The average Bonchev–Trinajstić information content (AvgIpc) is 2.61. The predicted molar refractivity (Wildman–Crippen MR) is 70.8 cm³/mol. The molecule has 0 aliphatic carbocycles. The van der Waals surface area contributed by atoms with Crippen molar-refractivity contribution in [3.05, 3.63) is 34.5 Å². The second-order valence-electron chi connectivity index (χ2n) is 4.51. The molecule has 0 saturated heterocycles. The van der Waals surface area contributed by atoms with Gasteiger partial charge in [0.2, 0.25) is 0 Å². The molecule has 0 atom stereocenters. The van der Waals surface area contributed by atoms with E-state index in [1.807, 2.05) is 13.0 Å². The summed E-state index contributed by atoms with van der Waals surface area (Å²) < 4.78 is 0. The fourth-order valence-corrected chi connectivity index (χ4v) is 2.25. The first-order valence-corrected chi connectivity index (χ1v) is 5.82. The number of rotatable bonds is 3. The number of aryl methyl sites for hydroxylation is 3. The molecular weight excluding hydrogens is 212 g/mol. The van der Waals surface area contributed by atoms with Crippen molar-refractivity contribution in [2.45, 2.75) is 20.8 Å². The predicted octanol–water partition coefficient (Wildman–Crippen LogP) is 2.50. The molecule has 0 spiro atoms. The summed E-state index contributed by atoms with van der Waals surface area (Å²) in [6.45, 7) is 6.50. The van der Waals surface area contributed by atoms with E-state index in [-0.39, 0.29) is 5.78 Å². The Hall–Kier alpha value is -1.61. The van der Waals surface area contributed by atoms with Gasteiger partial charge in [-0.2, -0.15) is 0 Å². The first-order valence-electron chi connectivity index (χ1n) is 5.82. The number of H-pyrrole nitrogens is 1. The van der Waals surface area contributed by atoms with Gasteiger partial charge >= 0.3 is 0 Å². The van der Waals surface area contributed by atoms with Gasteiger partial charge < -0.3 is 10.3 Å². The van der Waals surface area contributed by atoms with E-state index in [9.17, 15) is 4.79 Å². The summed E-state index contributed by atoms with van der Waals surface area (Å²) in [5, 5.41) is 3.94. The highest BCUT2D eigenvalue weighted by Gasteiger charge is 2.16. The van der Waals surface area contributed by atoms with Crippen LogP contribution in [0.15, 0.2) is 12.1 Å². The van der Waals surface area contributed by atoms with Crippen LogP contribution in [0, 0.1) is 20.8 Å². The van der Waals surface area contributed by atoms with Crippen LogP contribution in [-0.2, 0) is 0 Å². The first-order chi connectivity index (χ1) is 8.06. The Morgan fingerprint density at radius 2 is 2.00 bits per heavy atom. The lowest BCUT2D eigenvalue weighted by Crippen LogP contribution is -2.18. The Morgan fingerprint density at radius 1 is 1.29 bits per heavy atom. The van der Waals surface area contributed by atoms with Crippen LogP contribution in [0.25, 0.3) is 10.9 Å². The number of aromatic amines is 1. The van der Waals surface area contributed by atoms with Crippen molar-refractivity contribution in [1.82, 2.24) is 10.3 Å². The molecule has 0 saturated carbocycles. The van der Waals surface area contributed by atoms with Gasteiger partial charge in [-0.1, -0.05) is 12.1 Å². The SMILES string of the molecule is CNCC(=O)c1c(C)[nH]c2c(C)c(C)ccc12. The number of ketones is 1. The highest BCUT2D eigenvalue weighted by Crippen LogP contribution is 2.26. The van der Waals surface area contributed by atoms with Crippen molar-refractivity contribution < 1.29 is 4.79 Å². The normalized spacial score (nSPS) is 11.1. The van der Waals surface area contributed by atoms with Gasteiger partial charge in [0.1, 0.15) is 0 Å². The fourth-order valence-electron chi connectivity index (χ4n) is 2.25. The molecule has 0 unspecified atom stereocenters. The van der Waals surface area contributed by atoms with Crippen LogP contribution in [0.4, 0.5) is 0 Å². The number of aromatic nitrogens is 1. The Kier molecular flexibility index (Phi) is 3.03. The van der Waals surface area contributed by atoms with Crippen LogP contribution in [0.2, 0.25) is 0 Å². The van der Waals surface area contributed by atoms with E-state index < -0.39 is 0 Å². The van der Waals surface area contributed by atoms with E-state index in [1.165, 1.54) is 11.1 Å². The molecule has 3 heteroatoms. The Labute approximate surface area is 101 Å². The second kappa shape index (κ2) is 4.34. The zero-order chi connectivity index (χ0) is 12.6. The minimum atomic E-state index is 0.138. The molecule has 2 rings (SSSR count). The lowest BCUT2D eigenvalue weighted by Gasteiger charge is -2.02.